The first-order valence-corrected chi connectivity index (χ1v) is 7.38. The van der Waals surface area contributed by atoms with Crippen LogP contribution in [0.1, 0.15) is 36.6 Å². The Morgan fingerprint density at radius 2 is 1.90 bits per heavy atom. The number of hydrogen-bond acceptors (Lipinski definition) is 3. The van der Waals surface area contributed by atoms with Crippen molar-refractivity contribution in [1.29, 1.82) is 0 Å². The van der Waals surface area contributed by atoms with E-state index < -0.39 is 0 Å². The van der Waals surface area contributed by atoms with Gasteiger partial charge >= 0.3 is 0 Å². The number of aryl methyl sites for hydroxylation is 1. The Bertz CT molecular complexity index is 613. The van der Waals surface area contributed by atoms with Gasteiger partial charge in [0.2, 0.25) is 0 Å². The first-order chi connectivity index (χ1) is 10.0. The van der Waals surface area contributed by atoms with Crippen LogP contribution in [-0.4, -0.2) is 6.10 Å². The Kier molecular flexibility index (Phi) is 5.23. The molecule has 0 aromatic heterocycles. The summed E-state index contributed by atoms with van der Waals surface area (Å²) in [6.45, 7) is 6.02. The molecule has 0 saturated heterocycles. The molecule has 112 valence electrons. The predicted octanol–water partition coefficient (Wildman–Crippen LogP) is 3.99. The number of ether oxygens (including phenoxy) is 1. The maximum atomic E-state index is 6.35. The number of rotatable bonds is 5. The van der Waals surface area contributed by atoms with Crippen molar-refractivity contribution in [2.75, 3.05) is 0 Å². The summed E-state index contributed by atoms with van der Waals surface area (Å²) in [6.07, 6.45) is 0.132. The third-order valence-electron chi connectivity index (χ3n) is 3.20. The van der Waals surface area contributed by atoms with E-state index in [2.05, 4.69) is 5.43 Å². The van der Waals surface area contributed by atoms with E-state index >= 15 is 0 Å². The summed E-state index contributed by atoms with van der Waals surface area (Å²) >= 11 is 6.35. The second-order valence-corrected chi connectivity index (χ2v) is 5.77. The molecular formula is C17H21ClN2O. The normalized spacial score (nSPS) is 12.5. The van der Waals surface area contributed by atoms with Crippen LogP contribution in [0.4, 0.5) is 0 Å². The van der Waals surface area contributed by atoms with Gasteiger partial charge in [-0.2, -0.15) is 0 Å². The van der Waals surface area contributed by atoms with E-state index in [0.717, 1.165) is 22.4 Å². The van der Waals surface area contributed by atoms with Gasteiger partial charge in [-0.05, 0) is 55.7 Å². The molecule has 0 aliphatic rings. The minimum atomic E-state index is -0.172. The molecule has 1 atom stereocenters. The zero-order chi connectivity index (χ0) is 15.4. The monoisotopic (exact) mass is 304 g/mol. The molecule has 1 unspecified atom stereocenters. The van der Waals surface area contributed by atoms with Crippen LogP contribution >= 0.6 is 11.6 Å². The first kappa shape index (κ1) is 15.8. The Labute approximate surface area is 131 Å². The van der Waals surface area contributed by atoms with Gasteiger partial charge in [-0.3, -0.25) is 5.84 Å². The Hall–Kier alpha value is -1.55. The van der Waals surface area contributed by atoms with Gasteiger partial charge in [0.1, 0.15) is 5.75 Å². The summed E-state index contributed by atoms with van der Waals surface area (Å²) < 4.78 is 5.73. The summed E-state index contributed by atoms with van der Waals surface area (Å²) in [6, 6.07) is 13.7. The van der Waals surface area contributed by atoms with Crippen molar-refractivity contribution >= 4 is 11.6 Å². The van der Waals surface area contributed by atoms with Gasteiger partial charge in [-0.1, -0.05) is 35.9 Å². The highest BCUT2D eigenvalue weighted by atomic mass is 35.5. The van der Waals surface area contributed by atoms with E-state index in [1.54, 1.807) is 0 Å². The Balaban J connectivity index is 2.37. The lowest BCUT2D eigenvalue weighted by Gasteiger charge is -2.20. The minimum Gasteiger partial charge on any atom is -0.491 e. The van der Waals surface area contributed by atoms with Gasteiger partial charge in [-0.15, -0.1) is 0 Å². The minimum absolute atomic E-state index is 0.132. The van der Waals surface area contributed by atoms with Crippen molar-refractivity contribution in [2.24, 2.45) is 5.84 Å². The van der Waals surface area contributed by atoms with Gasteiger partial charge in [0.15, 0.2) is 0 Å². The molecule has 21 heavy (non-hydrogen) atoms. The van der Waals surface area contributed by atoms with E-state index in [1.165, 1.54) is 0 Å². The molecule has 0 saturated carbocycles. The lowest BCUT2D eigenvalue weighted by atomic mass is 9.98. The maximum absolute atomic E-state index is 6.35. The van der Waals surface area contributed by atoms with Gasteiger partial charge in [0, 0.05) is 5.02 Å². The largest absolute Gasteiger partial charge is 0.491 e. The van der Waals surface area contributed by atoms with Gasteiger partial charge in [0.05, 0.1) is 12.1 Å². The van der Waals surface area contributed by atoms with Crippen molar-refractivity contribution < 1.29 is 4.74 Å². The van der Waals surface area contributed by atoms with Crippen molar-refractivity contribution in [3.63, 3.8) is 0 Å². The van der Waals surface area contributed by atoms with E-state index in [4.69, 9.17) is 22.2 Å². The smallest absolute Gasteiger partial charge is 0.120 e. The quantitative estimate of drug-likeness (QED) is 0.648. The highest BCUT2D eigenvalue weighted by Crippen LogP contribution is 2.30. The van der Waals surface area contributed by atoms with E-state index in [0.29, 0.717) is 5.02 Å². The molecule has 4 heteroatoms. The van der Waals surface area contributed by atoms with Crippen LogP contribution in [0.2, 0.25) is 5.02 Å². The Morgan fingerprint density at radius 1 is 1.14 bits per heavy atom. The lowest BCUT2D eigenvalue weighted by Crippen LogP contribution is -2.29. The molecule has 0 heterocycles. The molecule has 0 amide bonds. The molecule has 0 bridgehead atoms. The first-order valence-electron chi connectivity index (χ1n) is 7.00. The molecule has 2 aromatic carbocycles. The number of hydrogen-bond donors (Lipinski definition) is 2. The number of hydrazine groups is 1. The van der Waals surface area contributed by atoms with Crippen molar-refractivity contribution in [3.05, 3.63) is 64.2 Å². The molecule has 0 aliphatic heterocycles. The molecule has 3 N–H and O–H groups in total. The molecular weight excluding hydrogens is 284 g/mol. The van der Waals surface area contributed by atoms with E-state index in [-0.39, 0.29) is 12.1 Å². The number of nitrogens with one attached hydrogen (secondary N) is 1. The fourth-order valence-corrected chi connectivity index (χ4v) is 2.62. The van der Waals surface area contributed by atoms with Crippen LogP contribution in [0.25, 0.3) is 0 Å². The standard InChI is InChI=1S/C17H21ClN2O/c1-11(2)21-14-6-4-5-13(10-14)17(20-19)15-8-7-12(3)9-16(15)18/h4-11,17,20H,19H2,1-3H3. The third kappa shape index (κ3) is 3.97. The fraction of sp³-hybridized carbons (Fsp3) is 0.294. The SMILES string of the molecule is Cc1ccc(C(NN)c2cccc(OC(C)C)c2)c(Cl)c1. The van der Waals surface area contributed by atoms with E-state index in [1.807, 2.05) is 63.2 Å². The van der Waals surface area contributed by atoms with Gasteiger partial charge in [-0.25, -0.2) is 5.43 Å². The van der Waals surface area contributed by atoms with E-state index in [9.17, 15) is 0 Å². The molecule has 2 rings (SSSR count). The summed E-state index contributed by atoms with van der Waals surface area (Å²) in [5.41, 5.74) is 5.92. The van der Waals surface area contributed by atoms with Crippen LogP contribution in [0.15, 0.2) is 42.5 Å². The second-order valence-electron chi connectivity index (χ2n) is 5.36. The van der Waals surface area contributed by atoms with Crippen LogP contribution in [-0.2, 0) is 0 Å². The number of halogens is 1. The third-order valence-corrected chi connectivity index (χ3v) is 3.52. The molecule has 0 fully saturated rings. The molecule has 2 aromatic rings. The zero-order valence-corrected chi connectivity index (χ0v) is 13.3. The summed E-state index contributed by atoms with van der Waals surface area (Å²) in [7, 11) is 0. The second kappa shape index (κ2) is 6.94. The average molecular weight is 305 g/mol. The summed E-state index contributed by atoms with van der Waals surface area (Å²) in [5.74, 6) is 6.57. The topological polar surface area (TPSA) is 47.3 Å². The predicted molar refractivity (Wildman–Crippen MR) is 87.6 cm³/mol. The highest BCUT2D eigenvalue weighted by Gasteiger charge is 2.16. The molecule has 3 nitrogen and oxygen atoms in total. The fourth-order valence-electron chi connectivity index (χ4n) is 2.27. The Morgan fingerprint density at radius 3 is 2.52 bits per heavy atom. The molecule has 0 aliphatic carbocycles. The molecule has 0 radical (unpaired) electrons. The summed E-state index contributed by atoms with van der Waals surface area (Å²) in [4.78, 5) is 0. The van der Waals surface area contributed by atoms with Crippen LogP contribution in [0, 0.1) is 6.92 Å². The lowest BCUT2D eigenvalue weighted by molar-refractivity contribution is 0.242. The molecule has 0 spiro atoms. The number of nitrogens with two attached hydrogens (primary N) is 1. The van der Waals surface area contributed by atoms with Crippen molar-refractivity contribution in [2.45, 2.75) is 32.9 Å². The highest BCUT2D eigenvalue weighted by molar-refractivity contribution is 6.31. The number of benzene rings is 2. The average Bonchev–Trinajstić information content (AvgIpc) is 2.41. The van der Waals surface area contributed by atoms with Crippen molar-refractivity contribution in [1.82, 2.24) is 5.43 Å². The van der Waals surface area contributed by atoms with Crippen LogP contribution in [0.5, 0.6) is 5.75 Å². The maximum Gasteiger partial charge on any atom is 0.120 e. The van der Waals surface area contributed by atoms with Crippen LogP contribution < -0.4 is 16.0 Å². The van der Waals surface area contributed by atoms with Gasteiger partial charge < -0.3 is 4.74 Å². The van der Waals surface area contributed by atoms with Crippen LogP contribution in [0.3, 0.4) is 0 Å². The summed E-state index contributed by atoms with van der Waals surface area (Å²) in [5, 5.41) is 0.702. The van der Waals surface area contributed by atoms with Crippen molar-refractivity contribution in [3.8, 4) is 5.75 Å². The zero-order valence-electron chi connectivity index (χ0n) is 12.6. The van der Waals surface area contributed by atoms with Gasteiger partial charge in [0.25, 0.3) is 0 Å².